The summed E-state index contributed by atoms with van der Waals surface area (Å²) in [6.07, 6.45) is -5.26. The van der Waals surface area contributed by atoms with E-state index in [-0.39, 0.29) is 6.61 Å². The van der Waals surface area contributed by atoms with Gasteiger partial charge in [0.15, 0.2) is 18.5 Å². The fourth-order valence-corrected chi connectivity index (χ4v) is 2.08. The summed E-state index contributed by atoms with van der Waals surface area (Å²) >= 11 is 0. The molecule has 11 heteroatoms. The second-order valence-corrected chi connectivity index (χ2v) is 4.71. The molecule has 0 aromatic heterocycles. The van der Waals surface area contributed by atoms with E-state index < -0.39 is 48.6 Å². The molecule has 128 valence electrons. The summed E-state index contributed by atoms with van der Waals surface area (Å²) in [6.45, 7) is 3.01. The first-order valence-electron chi connectivity index (χ1n) is 6.61. The van der Waals surface area contributed by atoms with Crippen molar-refractivity contribution < 1.29 is 38.4 Å². The van der Waals surface area contributed by atoms with Crippen LogP contribution in [-0.4, -0.2) is 60.3 Å². The molecule has 1 rings (SSSR count). The second kappa shape index (κ2) is 8.32. The summed E-state index contributed by atoms with van der Waals surface area (Å²) in [6, 6.07) is -1.33. The molecule has 1 saturated heterocycles. The predicted molar refractivity (Wildman–Crippen MR) is 71.6 cm³/mol. The molecule has 0 aliphatic carbocycles. The zero-order chi connectivity index (χ0) is 17.6. The molecule has 1 N–H and O–H groups in total. The molecule has 2 unspecified atom stereocenters. The first-order chi connectivity index (χ1) is 10.8. The van der Waals surface area contributed by atoms with Crippen molar-refractivity contribution in [2.45, 2.75) is 51.4 Å². The first kappa shape index (κ1) is 18.7. The van der Waals surface area contributed by atoms with Gasteiger partial charge in [-0.25, -0.2) is 0 Å². The summed E-state index contributed by atoms with van der Waals surface area (Å²) in [4.78, 5) is 36.0. The normalized spacial score (nSPS) is 29.8. The molecular formula is C12H17N3O8. The van der Waals surface area contributed by atoms with E-state index in [1.165, 1.54) is 0 Å². The average molecular weight is 331 g/mol. The van der Waals surface area contributed by atoms with E-state index >= 15 is 0 Å². The first-order valence-corrected chi connectivity index (χ1v) is 6.61. The summed E-state index contributed by atoms with van der Waals surface area (Å²) in [5, 5.41) is 13.2. The highest BCUT2D eigenvalue weighted by atomic mass is 16.7. The van der Waals surface area contributed by atoms with Crippen molar-refractivity contribution in [3.63, 3.8) is 0 Å². The molecule has 0 bridgehead atoms. The molecule has 0 radical (unpaired) electrons. The Labute approximate surface area is 131 Å². The van der Waals surface area contributed by atoms with Gasteiger partial charge in [0, 0.05) is 25.7 Å². The quantitative estimate of drug-likeness (QED) is 0.239. The van der Waals surface area contributed by atoms with Gasteiger partial charge in [-0.1, -0.05) is 5.11 Å². The van der Waals surface area contributed by atoms with Gasteiger partial charge in [0.2, 0.25) is 0 Å². The Kier molecular flexibility index (Phi) is 6.76. The zero-order valence-electron chi connectivity index (χ0n) is 12.7. The third kappa shape index (κ3) is 5.40. The van der Waals surface area contributed by atoms with Crippen LogP contribution in [0, 0.1) is 0 Å². The Bertz CT molecular complexity index is 518. The zero-order valence-corrected chi connectivity index (χ0v) is 12.7. The monoisotopic (exact) mass is 331 g/mol. The maximum atomic E-state index is 11.3. The standard InChI is InChI=1S/C12H17N3O8/c1-5(16)20-4-8-10(21-6(2)17)11(22-7(3)18)9(14-15-13)12(19)23-8/h8-12,19H,4H2,1-3H3/t8?,9?,10-,11-,12-/m1/s1. The summed E-state index contributed by atoms with van der Waals surface area (Å²) in [7, 11) is 0. The molecule has 1 heterocycles. The molecule has 1 fully saturated rings. The van der Waals surface area contributed by atoms with Crippen molar-refractivity contribution in [2.75, 3.05) is 6.61 Å². The Morgan fingerprint density at radius 1 is 1.13 bits per heavy atom. The number of aliphatic hydroxyl groups is 1. The molecule has 0 saturated carbocycles. The van der Waals surface area contributed by atoms with Gasteiger partial charge in [-0.3, -0.25) is 14.4 Å². The average Bonchev–Trinajstić information content (AvgIpc) is 2.42. The highest BCUT2D eigenvalue weighted by molar-refractivity contribution is 5.67. The Balaban J connectivity index is 3.11. The van der Waals surface area contributed by atoms with E-state index in [2.05, 4.69) is 10.0 Å². The molecule has 23 heavy (non-hydrogen) atoms. The van der Waals surface area contributed by atoms with Gasteiger partial charge in [0.25, 0.3) is 0 Å². The topological polar surface area (TPSA) is 157 Å². The van der Waals surface area contributed by atoms with E-state index in [1.807, 2.05) is 0 Å². The molecule has 0 aromatic rings. The maximum absolute atomic E-state index is 11.3. The van der Waals surface area contributed by atoms with Crippen molar-refractivity contribution in [2.24, 2.45) is 5.11 Å². The van der Waals surface area contributed by atoms with Crippen LogP contribution in [-0.2, 0) is 33.3 Å². The van der Waals surface area contributed by atoms with Gasteiger partial charge < -0.3 is 24.1 Å². The van der Waals surface area contributed by atoms with Crippen molar-refractivity contribution in [3.05, 3.63) is 10.4 Å². The maximum Gasteiger partial charge on any atom is 0.303 e. The Morgan fingerprint density at radius 2 is 1.70 bits per heavy atom. The number of hydrogen-bond acceptors (Lipinski definition) is 9. The molecule has 5 atom stereocenters. The predicted octanol–water partition coefficient (Wildman–Crippen LogP) is -0.191. The SMILES string of the molecule is CC(=O)OCC1O[C@@H](O)C(N=[N+]=[N-])[C@@H](OC(C)=O)[C@@H]1OC(C)=O. The third-order valence-electron chi connectivity index (χ3n) is 2.87. The summed E-state index contributed by atoms with van der Waals surface area (Å²) < 4.78 is 20.0. The van der Waals surface area contributed by atoms with Crippen LogP contribution >= 0.6 is 0 Å². The van der Waals surface area contributed by atoms with E-state index in [9.17, 15) is 19.5 Å². The van der Waals surface area contributed by atoms with E-state index in [0.717, 1.165) is 20.8 Å². The van der Waals surface area contributed by atoms with Gasteiger partial charge in [-0.05, 0) is 5.53 Å². The van der Waals surface area contributed by atoms with Crippen molar-refractivity contribution in [3.8, 4) is 0 Å². The number of carbonyl (C=O) groups is 3. The lowest BCUT2D eigenvalue weighted by Gasteiger charge is -2.41. The van der Waals surface area contributed by atoms with Gasteiger partial charge in [-0.2, -0.15) is 0 Å². The fourth-order valence-electron chi connectivity index (χ4n) is 2.08. The van der Waals surface area contributed by atoms with Crippen LogP contribution in [0.5, 0.6) is 0 Å². The lowest BCUT2D eigenvalue weighted by atomic mass is 9.97. The van der Waals surface area contributed by atoms with Crippen LogP contribution in [0.25, 0.3) is 10.4 Å². The number of azide groups is 1. The van der Waals surface area contributed by atoms with Gasteiger partial charge >= 0.3 is 17.9 Å². The minimum atomic E-state index is -1.64. The van der Waals surface area contributed by atoms with Crippen LogP contribution in [0.1, 0.15) is 20.8 Å². The molecule has 1 aliphatic rings. The number of esters is 3. The molecule has 11 nitrogen and oxygen atoms in total. The van der Waals surface area contributed by atoms with Crippen LogP contribution < -0.4 is 0 Å². The number of carbonyl (C=O) groups excluding carboxylic acids is 3. The van der Waals surface area contributed by atoms with Crippen LogP contribution in [0.4, 0.5) is 0 Å². The summed E-state index contributed by atoms with van der Waals surface area (Å²) in [5.74, 6) is -2.09. The Morgan fingerprint density at radius 3 is 2.17 bits per heavy atom. The van der Waals surface area contributed by atoms with E-state index in [4.69, 9.17) is 24.5 Å². The van der Waals surface area contributed by atoms with Gasteiger partial charge in [0.1, 0.15) is 18.8 Å². The molecule has 0 aromatic carbocycles. The van der Waals surface area contributed by atoms with Crippen LogP contribution in [0.15, 0.2) is 5.11 Å². The van der Waals surface area contributed by atoms with Gasteiger partial charge in [-0.15, -0.1) is 0 Å². The highest BCUT2D eigenvalue weighted by Crippen LogP contribution is 2.28. The largest absolute Gasteiger partial charge is 0.463 e. The highest BCUT2D eigenvalue weighted by Gasteiger charge is 2.49. The lowest BCUT2D eigenvalue weighted by Crippen LogP contribution is -2.60. The number of rotatable bonds is 5. The van der Waals surface area contributed by atoms with Crippen molar-refractivity contribution in [1.82, 2.24) is 0 Å². The van der Waals surface area contributed by atoms with Crippen LogP contribution in [0.3, 0.4) is 0 Å². The number of aliphatic hydroxyl groups excluding tert-OH is 1. The lowest BCUT2D eigenvalue weighted by molar-refractivity contribution is -0.260. The molecule has 0 amide bonds. The minimum Gasteiger partial charge on any atom is -0.463 e. The van der Waals surface area contributed by atoms with E-state index in [0.29, 0.717) is 0 Å². The molecular weight excluding hydrogens is 314 g/mol. The van der Waals surface area contributed by atoms with Crippen LogP contribution in [0.2, 0.25) is 0 Å². The third-order valence-corrected chi connectivity index (χ3v) is 2.87. The van der Waals surface area contributed by atoms with Crippen molar-refractivity contribution in [1.29, 1.82) is 0 Å². The molecule has 0 spiro atoms. The van der Waals surface area contributed by atoms with E-state index in [1.54, 1.807) is 0 Å². The Hall–Kier alpha value is -2.36. The fraction of sp³-hybridized carbons (Fsp3) is 0.750. The minimum absolute atomic E-state index is 0.356. The number of ether oxygens (including phenoxy) is 4. The molecule has 1 aliphatic heterocycles. The second-order valence-electron chi connectivity index (χ2n) is 4.71. The summed E-state index contributed by atoms with van der Waals surface area (Å²) in [5.41, 5.74) is 8.57. The van der Waals surface area contributed by atoms with Crippen molar-refractivity contribution >= 4 is 17.9 Å². The van der Waals surface area contributed by atoms with Gasteiger partial charge in [0.05, 0.1) is 0 Å². The smallest absolute Gasteiger partial charge is 0.303 e. The number of nitrogens with zero attached hydrogens (tertiary/aromatic N) is 3. The number of hydrogen-bond donors (Lipinski definition) is 1.